The highest BCUT2D eigenvalue weighted by atomic mass is 16.4. The first kappa shape index (κ1) is 12.1. The van der Waals surface area contributed by atoms with Crippen molar-refractivity contribution in [3.05, 3.63) is 51.6 Å². The molecule has 94 valence electrons. The molecule has 0 saturated carbocycles. The summed E-state index contributed by atoms with van der Waals surface area (Å²) in [5.74, 6) is -0.768. The zero-order valence-corrected chi connectivity index (χ0v) is 10.0. The van der Waals surface area contributed by atoms with Crippen molar-refractivity contribution < 1.29 is 14.3 Å². The quantitative estimate of drug-likeness (QED) is 0.882. The molecule has 0 aliphatic carbocycles. The van der Waals surface area contributed by atoms with E-state index in [4.69, 9.17) is 9.52 Å². The Labute approximate surface area is 103 Å². The molecule has 2 aromatic heterocycles. The Hall–Kier alpha value is -2.37. The monoisotopic (exact) mass is 248 g/mol. The second-order valence-electron chi connectivity index (χ2n) is 4.04. The van der Waals surface area contributed by atoms with E-state index in [9.17, 15) is 9.59 Å². The number of hydrogen-bond acceptors (Lipinski definition) is 4. The van der Waals surface area contributed by atoms with Gasteiger partial charge in [0.1, 0.15) is 5.76 Å². The third kappa shape index (κ3) is 2.32. The summed E-state index contributed by atoms with van der Waals surface area (Å²) < 4.78 is 6.50. The van der Waals surface area contributed by atoms with Crippen LogP contribution in [-0.4, -0.2) is 20.6 Å². The van der Waals surface area contributed by atoms with Crippen molar-refractivity contribution in [1.29, 1.82) is 0 Å². The molecule has 2 aromatic rings. The number of aromatic carboxylic acids is 1. The van der Waals surface area contributed by atoms with Crippen molar-refractivity contribution in [3.8, 4) is 0 Å². The predicted octanol–water partition coefficient (Wildman–Crippen LogP) is 1.20. The maximum absolute atomic E-state index is 11.5. The lowest BCUT2D eigenvalue weighted by Crippen LogP contribution is -2.22. The first-order valence-corrected chi connectivity index (χ1v) is 5.33. The van der Waals surface area contributed by atoms with E-state index in [-0.39, 0.29) is 18.0 Å². The zero-order chi connectivity index (χ0) is 13.3. The minimum absolute atomic E-state index is 0.129. The van der Waals surface area contributed by atoms with Crippen molar-refractivity contribution in [2.45, 2.75) is 20.4 Å². The number of aromatic nitrogens is 2. The van der Waals surface area contributed by atoms with E-state index in [2.05, 4.69) is 4.98 Å². The van der Waals surface area contributed by atoms with Crippen LogP contribution in [0.25, 0.3) is 0 Å². The first-order chi connectivity index (χ1) is 8.47. The molecule has 18 heavy (non-hydrogen) atoms. The maximum atomic E-state index is 11.5. The summed E-state index contributed by atoms with van der Waals surface area (Å²) in [5, 5.41) is 8.81. The van der Waals surface area contributed by atoms with Gasteiger partial charge in [0.05, 0.1) is 6.54 Å². The molecule has 0 saturated heterocycles. The molecule has 0 aliphatic rings. The number of carboxylic acid groups (broad SMARTS) is 1. The summed E-state index contributed by atoms with van der Waals surface area (Å²) in [6.07, 6.45) is 3.16. The van der Waals surface area contributed by atoms with Crippen LogP contribution in [0.3, 0.4) is 0 Å². The Morgan fingerprint density at radius 1 is 1.50 bits per heavy atom. The van der Waals surface area contributed by atoms with Crippen molar-refractivity contribution in [2.24, 2.45) is 0 Å². The van der Waals surface area contributed by atoms with Crippen molar-refractivity contribution >= 4 is 5.97 Å². The topological polar surface area (TPSA) is 85.3 Å². The fourth-order valence-electron chi connectivity index (χ4n) is 1.64. The van der Waals surface area contributed by atoms with Gasteiger partial charge in [-0.25, -0.2) is 14.6 Å². The lowest BCUT2D eigenvalue weighted by molar-refractivity contribution is 0.0661. The largest absolute Gasteiger partial charge is 0.475 e. The Kier molecular flexibility index (Phi) is 3.01. The van der Waals surface area contributed by atoms with Gasteiger partial charge in [0.2, 0.25) is 5.76 Å². The summed E-state index contributed by atoms with van der Waals surface area (Å²) in [6, 6.07) is 1.42. The molecule has 0 unspecified atom stereocenters. The molecule has 0 fully saturated rings. The van der Waals surface area contributed by atoms with Crippen LogP contribution in [0.4, 0.5) is 0 Å². The van der Waals surface area contributed by atoms with Crippen molar-refractivity contribution in [3.63, 3.8) is 0 Å². The van der Waals surface area contributed by atoms with Crippen LogP contribution in [0.1, 0.15) is 27.4 Å². The van der Waals surface area contributed by atoms with Gasteiger partial charge in [0, 0.05) is 18.0 Å². The standard InChI is InChI=1S/C12H12N2O4/c1-7-4-13-12(17)14(5-7)6-9-3-10(11(15)16)18-8(9)2/h3-5H,6H2,1-2H3,(H,15,16). The highest BCUT2D eigenvalue weighted by Crippen LogP contribution is 2.15. The number of aryl methyl sites for hydroxylation is 2. The van der Waals surface area contributed by atoms with Gasteiger partial charge in [0.25, 0.3) is 0 Å². The number of carboxylic acids is 1. The molecule has 0 bridgehead atoms. The van der Waals surface area contributed by atoms with Crippen LogP contribution in [-0.2, 0) is 6.54 Å². The molecule has 6 nitrogen and oxygen atoms in total. The molecule has 2 heterocycles. The summed E-state index contributed by atoms with van der Waals surface area (Å²) in [4.78, 5) is 26.0. The Balaban J connectivity index is 2.37. The maximum Gasteiger partial charge on any atom is 0.371 e. The van der Waals surface area contributed by atoms with Crippen molar-refractivity contribution in [1.82, 2.24) is 9.55 Å². The number of carbonyl (C=O) groups is 1. The van der Waals surface area contributed by atoms with E-state index in [1.165, 1.54) is 16.8 Å². The van der Waals surface area contributed by atoms with Crippen LogP contribution in [0.15, 0.2) is 27.7 Å². The third-order valence-electron chi connectivity index (χ3n) is 2.56. The molecule has 0 radical (unpaired) electrons. The SMILES string of the molecule is Cc1cnc(=O)n(Cc2cc(C(=O)O)oc2C)c1. The van der Waals surface area contributed by atoms with E-state index < -0.39 is 5.97 Å². The third-order valence-corrected chi connectivity index (χ3v) is 2.56. The van der Waals surface area contributed by atoms with Crippen LogP contribution >= 0.6 is 0 Å². The zero-order valence-electron chi connectivity index (χ0n) is 10.0. The van der Waals surface area contributed by atoms with Crippen LogP contribution in [0.5, 0.6) is 0 Å². The highest BCUT2D eigenvalue weighted by Gasteiger charge is 2.13. The average molecular weight is 248 g/mol. The van der Waals surface area contributed by atoms with Gasteiger partial charge in [-0.15, -0.1) is 0 Å². The molecular formula is C12H12N2O4. The molecule has 0 aromatic carbocycles. The number of hydrogen-bond donors (Lipinski definition) is 1. The van der Waals surface area contributed by atoms with Gasteiger partial charge in [-0.05, 0) is 25.5 Å². The molecule has 0 atom stereocenters. The smallest absolute Gasteiger partial charge is 0.371 e. The van der Waals surface area contributed by atoms with E-state index in [1.807, 2.05) is 6.92 Å². The Bertz CT molecular complexity index is 654. The van der Waals surface area contributed by atoms with E-state index in [0.29, 0.717) is 11.3 Å². The van der Waals surface area contributed by atoms with Crippen LogP contribution < -0.4 is 5.69 Å². The summed E-state index contributed by atoms with van der Waals surface area (Å²) >= 11 is 0. The van der Waals surface area contributed by atoms with Gasteiger partial charge >= 0.3 is 11.7 Å². The number of nitrogens with zero attached hydrogens (tertiary/aromatic N) is 2. The van der Waals surface area contributed by atoms with Crippen LogP contribution in [0.2, 0.25) is 0 Å². The predicted molar refractivity (Wildman–Crippen MR) is 62.7 cm³/mol. The molecule has 0 amide bonds. The van der Waals surface area contributed by atoms with Crippen LogP contribution in [0, 0.1) is 13.8 Å². The fraction of sp³-hybridized carbons (Fsp3) is 0.250. The van der Waals surface area contributed by atoms with E-state index >= 15 is 0 Å². The number of rotatable bonds is 3. The van der Waals surface area contributed by atoms with Gasteiger partial charge in [-0.3, -0.25) is 4.57 Å². The van der Waals surface area contributed by atoms with E-state index in [1.54, 1.807) is 13.1 Å². The Morgan fingerprint density at radius 2 is 2.22 bits per heavy atom. The van der Waals surface area contributed by atoms with Gasteiger partial charge in [-0.1, -0.05) is 0 Å². The molecule has 2 rings (SSSR count). The highest BCUT2D eigenvalue weighted by molar-refractivity contribution is 5.84. The van der Waals surface area contributed by atoms with Gasteiger partial charge in [-0.2, -0.15) is 0 Å². The molecule has 0 aliphatic heterocycles. The Morgan fingerprint density at radius 3 is 2.83 bits per heavy atom. The van der Waals surface area contributed by atoms with E-state index in [0.717, 1.165) is 5.56 Å². The molecule has 1 N–H and O–H groups in total. The average Bonchev–Trinajstić information content (AvgIpc) is 2.66. The summed E-state index contributed by atoms with van der Waals surface area (Å²) in [6.45, 7) is 3.74. The fourth-order valence-corrected chi connectivity index (χ4v) is 1.64. The molecule has 0 spiro atoms. The lowest BCUT2D eigenvalue weighted by atomic mass is 10.2. The second kappa shape index (κ2) is 4.48. The van der Waals surface area contributed by atoms with Gasteiger partial charge < -0.3 is 9.52 Å². The molecule has 6 heteroatoms. The summed E-state index contributed by atoms with van der Waals surface area (Å²) in [7, 11) is 0. The van der Waals surface area contributed by atoms with Gasteiger partial charge in [0.15, 0.2) is 0 Å². The lowest BCUT2D eigenvalue weighted by Gasteiger charge is -2.04. The molecular weight excluding hydrogens is 236 g/mol. The number of furan rings is 1. The minimum atomic E-state index is -1.13. The normalized spacial score (nSPS) is 10.6. The summed E-state index contributed by atoms with van der Waals surface area (Å²) in [5.41, 5.74) is 1.13. The second-order valence-corrected chi connectivity index (χ2v) is 4.04. The van der Waals surface area contributed by atoms with Crippen molar-refractivity contribution in [2.75, 3.05) is 0 Å². The first-order valence-electron chi connectivity index (χ1n) is 5.33. The minimum Gasteiger partial charge on any atom is -0.475 e.